The van der Waals surface area contributed by atoms with Crippen molar-refractivity contribution in [3.05, 3.63) is 29.6 Å². The molecule has 1 N–H and O–H groups in total. The summed E-state index contributed by atoms with van der Waals surface area (Å²) in [5.74, 6) is 0. The maximum Gasteiger partial charge on any atom is 0.0544 e. The van der Waals surface area contributed by atoms with Gasteiger partial charge in [-0.05, 0) is 32.1 Å². The number of hydrogen-bond acceptors (Lipinski definition) is 3. The maximum absolute atomic E-state index is 4.38. The number of nitrogens with zero attached hydrogens (tertiary/aromatic N) is 2. The van der Waals surface area contributed by atoms with Gasteiger partial charge in [0.05, 0.1) is 5.69 Å². The molecule has 1 aromatic rings. The average molecular weight is 193 g/mol. The fourth-order valence-corrected chi connectivity index (χ4v) is 1.32. The zero-order chi connectivity index (χ0) is 10.4. The summed E-state index contributed by atoms with van der Waals surface area (Å²) in [6.07, 6.45) is 1.92. The largest absolute Gasteiger partial charge is 0.307 e. The number of pyridine rings is 1. The molecule has 0 amide bonds. The third kappa shape index (κ3) is 3.44. The van der Waals surface area contributed by atoms with Crippen LogP contribution in [0.4, 0.5) is 0 Å². The summed E-state index contributed by atoms with van der Waals surface area (Å²) in [5, 5.41) is 3.15. The van der Waals surface area contributed by atoms with Gasteiger partial charge >= 0.3 is 0 Å². The predicted octanol–water partition coefficient (Wildman–Crippen LogP) is 1.39. The number of nitrogens with one attached hydrogen (secondary N) is 1. The second kappa shape index (κ2) is 5.73. The zero-order valence-corrected chi connectivity index (χ0v) is 9.25. The Morgan fingerprint density at radius 1 is 1.43 bits per heavy atom. The lowest BCUT2D eigenvalue weighted by atomic mass is 10.2. The third-order valence-electron chi connectivity index (χ3n) is 2.19. The molecule has 0 bridgehead atoms. The maximum atomic E-state index is 4.38. The highest BCUT2D eigenvalue weighted by molar-refractivity contribution is 5.11. The molecule has 0 radical (unpaired) electrons. The van der Waals surface area contributed by atoms with Crippen LogP contribution in [-0.2, 0) is 6.54 Å². The van der Waals surface area contributed by atoms with Gasteiger partial charge in [-0.2, -0.15) is 0 Å². The number of aromatic nitrogens is 1. The van der Waals surface area contributed by atoms with Crippen LogP contribution in [0.15, 0.2) is 18.3 Å². The van der Waals surface area contributed by atoms with Crippen LogP contribution < -0.4 is 5.32 Å². The van der Waals surface area contributed by atoms with E-state index in [2.05, 4.69) is 41.2 Å². The van der Waals surface area contributed by atoms with Crippen LogP contribution in [0, 0.1) is 6.92 Å². The van der Waals surface area contributed by atoms with Gasteiger partial charge in [0, 0.05) is 19.4 Å². The van der Waals surface area contributed by atoms with Crippen molar-refractivity contribution >= 4 is 0 Å². The molecule has 0 aromatic carbocycles. The fraction of sp³-hybridized carbons (Fsp3) is 0.545. The van der Waals surface area contributed by atoms with E-state index in [4.69, 9.17) is 0 Å². The quantitative estimate of drug-likeness (QED) is 0.716. The highest BCUT2D eigenvalue weighted by atomic mass is 15.2. The van der Waals surface area contributed by atoms with Gasteiger partial charge in [0.15, 0.2) is 0 Å². The Bertz CT molecular complexity index is 256. The second-order valence-corrected chi connectivity index (χ2v) is 3.48. The predicted molar refractivity (Wildman–Crippen MR) is 59.0 cm³/mol. The van der Waals surface area contributed by atoms with Gasteiger partial charge in [-0.15, -0.1) is 0 Å². The molecule has 0 aliphatic rings. The minimum Gasteiger partial charge on any atom is -0.307 e. The smallest absolute Gasteiger partial charge is 0.0544 e. The van der Waals surface area contributed by atoms with Crippen molar-refractivity contribution in [2.75, 3.05) is 20.3 Å². The first-order chi connectivity index (χ1) is 6.76. The van der Waals surface area contributed by atoms with E-state index in [1.807, 2.05) is 13.2 Å². The zero-order valence-electron chi connectivity index (χ0n) is 9.25. The van der Waals surface area contributed by atoms with Crippen molar-refractivity contribution in [2.45, 2.75) is 20.4 Å². The molecule has 14 heavy (non-hydrogen) atoms. The van der Waals surface area contributed by atoms with E-state index in [0.717, 1.165) is 25.5 Å². The molecule has 0 fully saturated rings. The van der Waals surface area contributed by atoms with E-state index in [0.29, 0.717) is 0 Å². The minimum absolute atomic E-state index is 0.909. The summed E-state index contributed by atoms with van der Waals surface area (Å²) >= 11 is 0. The van der Waals surface area contributed by atoms with Gasteiger partial charge in [0.2, 0.25) is 0 Å². The van der Waals surface area contributed by atoms with Gasteiger partial charge in [-0.25, -0.2) is 0 Å². The summed E-state index contributed by atoms with van der Waals surface area (Å²) < 4.78 is 0. The molecular formula is C11H19N3. The monoisotopic (exact) mass is 193 g/mol. The van der Waals surface area contributed by atoms with E-state index in [9.17, 15) is 0 Å². The Morgan fingerprint density at radius 2 is 2.21 bits per heavy atom. The Labute approximate surface area is 86.2 Å². The lowest BCUT2D eigenvalue weighted by Crippen LogP contribution is -2.31. The molecule has 78 valence electrons. The Morgan fingerprint density at radius 3 is 2.71 bits per heavy atom. The number of aryl methyl sites for hydroxylation is 1. The van der Waals surface area contributed by atoms with Gasteiger partial charge in [-0.3, -0.25) is 9.88 Å². The molecule has 1 rings (SSSR count). The lowest BCUT2D eigenvalue weighted by Gasteiger charge is -2.19. The van der Waals surface area contributed by atoms with Crippen LogP contribution >= 0.6 is 0 Å². The summed E-state index contributed by atoms with van der Waals surface area (Å²) in [6.45, 7) is 7.08. The van der Waals surface area contributed by atoms with Crippen molar-refractivity contribution in [2.24, 2.45) is 0 Å². The Kier molecular flexibility index (Phi) is 4.56. The van der Waals surface area contributed by atoms with E-state index in [1.165, 1.54) is 5.56 Å². The highest BCUT2D eigenvalue weighted by Gasteiger charge is 2.02. The standard InChI is InChI=1S/C11H19N3/c1-4-14(9-12-3)8-11-6-5-10(2)7-13-11/h5-7,12H,4,8-9H2,1-3H3. The van der Waals surface area contributed by atoms with Crippen molar-refractivity contribution in [1.82, 2.24) is 15.2 Å². The van der Waals surface area contributed by atoms with Gasteiger partial charge in [-0.1, -0.05) is 13.0 Å². The third-order valence-corrected chi connectivity index (χ3v) is 2.19. The first kappa shape index (κ1) is 11.1. The summed E-state index contributed by atoms with van der Waals surface area (Å²) in [7, 11) is 1.96. The molecule has 3 nitrogen and oxygen atoms in total. The van der Waals surface area contributed by atoms with Crippen molar-refractivity contribution in [1.29, 1.82) is 0 Å². The normalized spacial score (nSPS) is 10.9. The van der Waals surface area contributed by atoms with Gasteiger partial charge in [0.25, 0.3) is 0 Å². The van der Waals surface area contributed by atoms with Crippen LogP contribution in [0.2, 0.25) is 0 Å². The number of rotatable bonds is 5. The topological polar surface area (TPSA) is 28.2 Å². The van der Waals surface area contributed by atoms with E-state index >= 15 is 0 Å². The lowest BCUT2D eigenvalue weighted by molar-refractivity contribution is 0.262. The van der Waals surface area contributed by atoms with Crippen molar-refractivity contribution < 1.29 is 0 Å². The second-order valence-electron chi connectivity index (χ2n) is 3.48. The first-order valence-electron chi connectivity index (χ1n) is 5.04. The Balaban J connectivity index is 2.53. The summed E-state index contributed by atoms with van der Waals surface area (Å²) in [5.41, 5.74) is 2.35. The van der Waals surface area contributed by atoms with Gasteiger partial charge in [0.1, 0.15) is 0 Å². The van der Waals surface area contributed by atoms with Crippen LogP contribution in [0.1, 0.15) is 18.2 Å². The van der Waals surface area contributed by atoms with Gasteiger partial charge < -0.3 is 5.32 Å². The molecule has 0 unspecified atom stereocenters. The van der Waals surface area contributed by atoms with Crippen LogP contribution in [0.5, 0.6) is 0 Å². The molecule has 1 heterocycles. The van der Waals surface area contributed by atoms with Crippen molar-refractivity contribution in [3.8, 4) is 0 Å². The number of hydrogen-bond donors (Lipinski definition) is 1. The molecule has 3 heteroatoms. The minimum atomic E-state index is 0.909. The highest BCUT2D eigenvalue weighted by Crippen LogP contribution is 2.02. The molecule has 0 saturated heterocycles. The molecule has 0 spiro atoms. The fourth-order valence-electron chi connectivity index (χ4n) is 1.32. The molecule has 1 aromatic heterocycles. The molecule has 0 saturated carbocycles. The SMILES string of the molecule is CCN(CNC)Cc1ccc(C)cn1. The van der Waals surface area contributed by atoms with E-state index in [1.54, 1.807) is 0 Å². The average Bonchev–Trinajstić information content (AvgIpc) is 2.20. The van der Waals surface area contributed by atoms with Crippen LogP contribution in [0.3, 0.4) is 0 Å². The summed E-state index contributed by atoms with van der Waals surface area (Å²) in [4.78, 5) is 6.68. The Hall–Kier alpha value is -0.930. The summed E-state index contributed by atoms with van der Waals surface area (Å²) in [6, 6.07) is 4.20. The first-order valence-corrected chi connectivity index (χ1v) is 5.04. The molecule has 0 aliphatic carbocycles. The molecule has 0 aliphatic heterocycles. The van der Waals surface area contributed by atoms with E-state index < -0.39 is 0 Å². The van der Waals surface area contributed by atoms with Crippen molar-refractivity contribution in [3.63, 3.8) is 0 Å². The van der Waals surface area contributed by atoms with Crippen LogP contribution in [0.25, 0.3) is 0 Å². The molecular weight excluding hydrogens is 174 g/mol. The molecule has 0 atom stereocenters. The van der Waals surface area contributed by atoms with Crippen LogP contribution in [-0.4, -0.2) is 30.1 Å². The van der Waals surface area contributed by atoms with E-state index in [-0.39, 0.29) is 0 Å².